The highest BCUT2D eigenvalue weighted by atomic mass is 19.1. The van der Waals surface area contributed by atoms with Crippen LogP contribution in [0.5, 0.6) is 0 Å². The number of rotatable bonds is 4. The van der Waals surface area contributed by atoms with Gasteiger partial charge in [0.05, 0.1) is 0 Å². The first-order valence-electron chi connectivity index (χ1n) is 7.15. The van der Waals surface area contributed by atoms with Gasteiger partial charge in [-0.3, -0.25) is 4.79 Å². The van der Waals surface area contributed by atoms with E-state index in [9.17, 15) is 9.18 Å². The Hall–Kier alpha value is -2.89. The zero-order valence-electron chi connectivity index (χ0n) is 12.8. The van der Waals surface area contributed by atoms with Gasteiger partial charge >= 0.3 is 0 Å². The third kappa shape index (κ3) is 3.01. The molecule has 1 atom stereocenters. The number of hydrogen-bond acceptors (Lipinski definition) is 3. The second-order valence-corrected chi connectivity index (χ2v) is 5.23. The average Bonchev–Trinajstić information content (AvgIpc) is 3.14. The summed E-state index contributed by atoms with van der Waals surface area (Å²) in [5, 5.41) is 2.79. The summed E-state index contributed by atoms with van der Waals surface area (Å²) >= 11 is 0. The Morgan fingerprint density at radius 2 is 2.09 bits per heavy atom. The summed E-state index contributed by atoms with van der Waals surface area (Å²) < 4.78 is 21.3. The van der Waals surface area contributed by atoms with Crippen LogP contribution >= 0.6 is 0 Å². The minimum absolute atomic E-state index is 0.179. The standard InChI is InChI=1S/C17H16FN3O2/c1-11-7-8-14(23-11)17(22)20-15(16-19-9-10-21(16)2)12-5-3-4-6-13(12)18/h3-10,15H,1-2H3,(H,20,22). The van der Waals surface area contributed by atoms with Gasteiger partial charge < -0.3 is 14.3 Å². The molecule has 1 amide bonds. The predicted octanol–water partition coefficient (Wildman–Crippen LogP) is 2.98. The Labute approximate surface area is 132 Å². The summed E-state index contributed by atoms with van der Waals surface area (Å²) in [6.45, 7) is 1.75. The summed E-state index contributed by atoms with van der Waals surface area (Å²) in [4.78, 5) is 16.6. The molecule has 5 nitrogen and oxygen atoms in total. The molecule has 3 rings (SSSR count). The normalized spacial score (nSPS) is 12.1. The number of nitrogens with one attached hydrogen (secondary N) is 1. The second-order valence-electron chi connectivity index (χ2n) is 5.23. The number of nitrogens with zero attached hydrogens (tertiary/aromatic N) is 2. The highest BCUT2D eigenvalue weighted by Gasteiger charge is 2.25. The van der Waals surface area contributed by atoms with Gasteiger partial charge in [-0.15, -0.1) is 0 Å². The third-order valence-electron chi connectivity index (χ3n) is 3.57. The van der Waals surface area contributed by atoms with Crippen LogP contribution < -0.4 is 5.32 Å². The first kappa shape index (κ1) is 15.0. The predicted molar refractivity (Wildman–Crippen MR) is 82.4 cm³/mol. The number of hydrogen-bond donors (Lipinski definition) is 1. The van der Waals surface area contributed by atoms with Crippen molar-refractivity contribution in [2.75, 3.05) is 0 Å². The largest absolute Gasteiger partial charge is 0.456 e. The lowest BCUT2D eigenvalue weighted by molar-refractivity contribution is 0.0911. The van der Waals surface area contributed by atoms with Crippen LogP contribution in [0.25, 0.3) is 0 Å². The van der Waals surface area contributed by atoms with E-state index in [0.717, 1.165) is 0 Å². The molecule has 2 heterocycles. The van der Waals surface area contributed by atoms with Gasteiger partial charge in [-0.2, -0.15) is 0 Å². The minimum Gasteiger partial charge on any atom is -0.456 e. The molecular weight excluding hydrogens is 297 g/mol. The number of furan rings is 1. The zero-order valence-corrected chi connectivity index (χ0v) is 12.8. The molecule has 0 spiro atoms. The molecule has 3 aromatic rings. The number of halogens is 1. The molecule has 1 aromatic carbocycles. The summed E-state index contributed by atoms with van der Waals surface area (Å²) in [6.07, 6.45) is 3.35. The first-order chi connectivity index (χ1) is 11.1. The summed E-state index contributed by atoms with van der Waals surface area (Å²) in [5.74, 6) is 0.519. The van der Waals surface area contributed by atoms with Crippen molar-refractivity contribution in [1.29, 1.82) is 0 Å². The Morgan fingerprint density at radius 1 is 1.30 bits per heavy atom. The van der Waals surface area contributed by atoms with Gasteiger partial charge in [-0.05, 0) is 25.1 Å². The maximum Gasteiger partial charge on any atom is 0.287 e. The van der Waals surface area contributed by atoms with Crippen molar-refractivity contribution in [3.05, 3.63) is 77.5 Å². The van der Waals surface area contributed by atoms with Crippen molar-refractivity contribution in [3.8, 4) is 0 Å². The van der Waals surface area contributed by atoms with E-state index in [-0.39, 0.29) is 5.76 Å². The van der Waals surface area contributed by atoms with E-state index in [0.29, 0.717) is 17.1 Å². The fourth-order valence-electron chi connectivity index (χ4n) is 2.40. The van der Waals surface area contributed by atoms with Gasteiger partial charge in [0.2, 0.25) is 0 Å². The maximum atomic E-state index is 14.2. The lowest BCUT2D eigenvalue weighted by Gasteiger charge is -2.19. The number of aryl methyl sites for hydroxylation is 2. The number of carbonyl (C=O) groups is 1. The number of carbonyl (C=O) groups excluding carboxylic acids is 1. The molecule has 0 saturated heterocycles. The quantitative estimate of drug-likeness (QED) is 0.805. The lowest BCUT2D eigenvalue weighted by atomic mass is 10.1. The SMILES string of the molecule is Cc1ccc(C(=O)NC(c2ccccc2F)c2nccn2C)o1. The van der Waals surface area contributed by atoms with E-state index in [4.69, 9.17) is 4.42 Å². The monoisotopic (exact) mass is 313 g/mol. The molecule has 23 heavy (non-hydrogen) atoms. The molecule has 6 heteroatoms. The molecule has 118 valence electrons. The van der Waals surface area contributed by atoms with Gasteiger partial charge in [0.25, 0.3) is 5.91 Å². The van der Waals surface area contributed by atoms with E-state index < -0.39 is 17.8 Å². The Morgan fingerprint density at radius 3 is 2.70 bits per heavy atom. The Bertz CT molecular complexity index is 838. The van der Waals surface area contributed by atoms with Crippen molar-refractivity contribution in [1.82, 2.24) is 14.9 Å². The van der Waals surface area contributed by atoms with Crippen molar-refractivity contribution in [2.24, 2.45) is 7.05 Å². The lowest BCUT2D eigenvalue weighted by Crippen LogP contribution is -2.31. The number of imidazole rings is 1. The van der Waals surface area contributed by atoms with Crippen LogP contribution in [-0.2, 0) is 7.05 Å². The molecule has 1 unspecified atom stereocenters. The zero-order chi connectivity index (χ0) is 16.4. The van der Waals surface area contributed by atoms with E-state index >= 15 is 0 Å². The van der Waals surface area contributed by atoms with Crippen molar-refractivity contribution < 1.29 is 13.6 Å². The van der Waals surface area contributed by atoms with Gasteiger partial charge in [0.1, 0.15) is 23.4 Å². The van der Waals surface area contributed by atoms with Gasteiger partial charge in [0, 0.05) is 25.0 Å². The molecular formula is C17H16FN3O2. The molecule has 2 aromatic heterocycles. The van der Waals surface area contributed by atoms with E-state index in [1.54, 1.807) is 61.3 Å². The van der Waals surface area contributed by atoms with Crippen molar-refractivity contribution in [3.63, 3.8) is 0 Å². The average molecular weight is 313 g/mol. The number of aromatic nitrogens is 2. The Balaban J connectivity index is 1.98. The van der Waals surface area contributed by atoms with Crippen molar-refractivity contribution in [2.45, 2.75) is 13.0 Å². The molecule has 0 aliphatic carbocycles. The van der Waals surface area contributed by atoms with E-state index in [1.165, 1.54) is 6.07 Å². The highest BCUT2D eigenvalue weighted by Crippen LogP contribution is 2.23. The van der Waals surface area contributed by atoms with Gasteiger partial charge in [-0.1, -0.05) is 18.2 Å². The summed E-state index contributed by atoms with van der Waals surface area (Å²) in [6, 6.07) is 8.88. The fraction of sp³-hybridized carbons (Fsp3) is 0.176. The van der Waals surface area contributed by atoms with Crippen LogP contribution in [0.2, 0.25) is 0 Å². The molecule has 0 fully saturated rings. The molecule has 1 N–H and O–H groups in total. The van der Waals surface area contributed by atoms with E-state index in [1.807, 2.05) is 0 Å². The van der Waals surface area contributed by atoms with Crippen LogP contribution in [0, 0.1) is 12.7 Å². The van der Waals surface area contributed by atoms with Gasteiger partial charge in [-0.25, -0.2) is 9.37 Å². The number of amides is 1. The van der Waals surface area contributed by atoms with Crippen LogP contribution in [-0.4, -0.2) is 15.5 Å². The summed E-state index contributed by atoms with van der Waals surface area (Å²) in [7, 11) is 1.79. The van der Waals surface area contributed by atoms with Crippen LogP contribution in [0.4, 0.5) is 4.39 Å². The topological polar surface area (TPSA) is 60.1 Å². The molecule has 0 aliphatic rings. The second kappa shape index (κ2) is 6.08. The van der Waals surface area contributed by atoms with Crippen LogP contribution in [0.1, 0.15) is 33.7 Å². The fourth-order valence-corrected chi connectivity index (χ4v) is 2.40. The smallest absolute Gasteiger partial charge is 0.287 e. The first-order valence-corrected chi connectivity index (χ1v) is 7.15. The summed E-state index contributed by atoms with van der Waals surface area (Å²) in [5.41, 5.74) is 0.346. The molecule has 0 aliphatic heterocycles. The third-order valence-corrected chi connectivity index (χ3v) is 3.57. The minimum atomic E-state index is -0.714. The van der Waals surface area contributed by atoms with Gasteiger partial charge in [0.15, 0.2) is 5.76 Å². The van der Waals surface area contributed by atoms with Crippen LogP contribution in [0.3, 0.4) is 0 Å². The molecule has 0 radical (unpaired) electrons. The van der Waals surface area contributed by atoms with Crippen LogP contribution in [0.15, 0.2) is 53.2 Å². The highest BCUT2D eigenvalue weighted by molar-refractivity contribution is 5.92. The molecule has 0 saturated carbocycles. The number of benzene rings is 1. The maximum absolute atomic E-state index is 14.2. The Kier molecular flexibility index (Phi) is 3.97. The van der Waals surface area contributed by atoms with Crippen molar-refractivity contribution >= 4 is 5.91 Å². The van der Waals surface area contributed by atoms with E-state index in [2.05, 4.69) is 10.3 Å². The molecule has 0 bridgehead atoms.